The molecule has 0 aliphatic carbocycles. The van der Waals surface area contributed by atoms with Crippen LogP contribution in [0.15, 0.2) is 72.8 Å². The Bertz CT molecular complexity index is 4480. The molecule has 21 heterocycles. The summed E-state index contributed by atoms with van der Waals surface area (Å²) in [6, 6.07) is 24.3. The van der Waals surface area contributed by atoms with Crippen molar-refractivity contribution in [3.05, 3.63) is 106 Å². The highest BCUT2D eigenvalue weighted by molar-refractivity contribution is 5.90. The Kier molecular flexibility index (Phi) is 34.1. The van der Waals surface area contributed by atoms with Crippen LogP contribution in [0.1, 0.15) is 199 Å². The number of carbonyl (C=O) groups excluding carboxylic acids is 7. The predicted octanol–water partition coefficient (Wildman–Crippen LogP) is 9.09. The van der Waals surface area contributed by atoms with Crippen LogP contribution in [0.4, 0.5) is 0 Å². The molecule has 138 heavy (non-hydrogen) atoms. The number of carbonyl (C=O) groups is 7. The second kappa shape index (κ2) is 43.4. The number of nitrogens with zero attached hydrogens (tertiary/aromatic N) is 14. The van der Waals surface area contributed by atoms with Crippen molar-refractivity contribution in [2.24, 2.45) is 38.5 Å². The van der Waals surface area contributed by atoms with E-state index in [9.17, 15) is 33.6 Å². The van der Waals surface area contributed by atoms with Crippen molar-refractivity contribution in [3.8, 4) is 0 Å². The van der Waals surface area contributed by atoms with E-state index in [0.717, 1.165) is 160 Å². The molecular formula is C110H191N16O12+11. The Morgan fingerprint density at radius 2 is 0.471 bits per heavy atom. The molecule has 21 aliphatic heterocycles. The van der Waals surface area contributed by atoms with Crippen molar-refractivity contribution < 1.29 is 107 Å². The number of hydrogen-bond donors (Lipinski definition) is 2. The van der Waals surface area contributed by atoms with E-state index in [-0.39, 0.29) is 99.3 Å². The van der Waals surface area contributed by atoms with Gasteiger partial charge >= 0.3 is 29.8 Å². The maximum Gasteiger partial charge on any atom is 0.362 e. The van der Waals surface area contributed by atoms with Crippen LogP contribution in [-0.4, -0.2) is 463 Å². The molecule has 0 saturated carbocycles. The average molecular weight is 1930 g/mol. The number of benzene rings is 3. The first kappa shape index (κ1) is 109. The molecular weight excluding hydrogens is 1740 g/mol. The lowest BCUT2D eigenvalue weighted by molar-refractivity contribution is -1.09. The summed E-state index contributed by atoms with van der Waals surface area (Å²) >= 11 is 0. The number of fused-ring (bicyclic) bond motifs is 21. The highest BCUT2D eigenvalue weighted by Crippen LogP contribution is 2.38. The monoisotopic (exact) mass is 1930 g/mol. The number of quaternary nitrogens is 11. The van der Waals surface area contributed by atoms with Crippen LogP contribution >= 0.6 is 0 Å². The highest BCUT2D eigenvalue weighted by atomic mass is 16.6. The normalized spacial score (nSPS) is 33.0. The molecule has 21 aliphatic rings. The standard InChI is InChI=1S/2C29H49N4O2.C22H34N3O3.C16H30N3O3.C14H27N2O2/c1-25(29(2,3)4)35-28(34)27-8-6-26(7-9-27)24-33-21-18-32(19-22-33,20-23-33)14-5-13-31-15-10-30(11-16-31)12-17-31;1-25(29(2,3)4)35-28(34)27-8-5-7-26(23-27)24-33-20-17-32(18-21-33,19-22-33)13-6-12-31-14-9-30(10-15-31)11-16-31;1-17(22(2,3)4)28-21(27)19-7-5-18(6-8-19)15-24-9-12-25(13-10-24,14-11-24)16-20(23)26;1-13(16(2,3)4)22-15(21)12-19-8-5-18(6-9-19,7-10-19)11-14(17)20;1-12(14(2,3)4)18-13(17)11-16-8-5-15(6-9-16)7-10-16/h6-9,25H,5,10-24H2,1-4H3;5,7-8,23,25H,6,9-22,24H2,1-4H3;5-8,17H,9-16H2,1-4H3,(H-,23,26);13H,5-12H2,1-4H3,(H-,17,20);12H,5-11H2,1-4H3/q2*+3;3*+1/p+2/t2*25-,32?,33?;17-,24?,25?;13-,18?,19?;12-/m11111/s1. The first-order valence-corrected chi connectivity index (χ1v) is 54.0. The Morgan fingerprint density at radius 1 is 0.261 bits per heavy atom. The Hall–Kier alpha value is -6.61. The molecule has 3 aromatic carbocycles. The van der Waals surface area contributed by atoms with E-state index in [0.29, 0.717) is 42.9 Å². The topological polar surface area (TPSA) is 227 Å². The van der Waals surface area contributed by atoms with Gasteiger partial charge in [0.25, 0.3) is 11.8 Å². The quantitative estimate of drug-likeness (QED) is 0.0360. The van der Waals surface area contributed by atoms with Gasteiger partial charge in [-0.2, -0.15) is 0 Å². The second-order valence-electron chi connectivity index (χ2n) is 52.1. The molecule has 28 heteroatoms. The zero-order valence-electron chi connectivity index (χ0n) is 90.0. The Balaban J connectivity index is 0.000000149. The molecule has 2 amide bonds. The number of rotatable bonds is 30. The number of nitrogens with two attached hydrogens (primary N) is 2. The molecule has 0 aromatic heterocycles. The largest absolute Gasteiger partial charge is 0.459 e. The fraction of sp³-hybridized carbons (Fsp3) is 0.773. The minimum Gasteiger partial charge on any atom is -0.459 e. The molecule has 24 rings (SSSR count). The molecule has 4 N–H and O–H groups in total. The van der Waals surface area contributed by atoms with Gasteiger partial charge in [-0.05, 0) is 98.1 Å². The van der Waals surface area contributed by atoms with Gasteiger partial charge in [0.2, 0.25) is 0 Å². The van der Waals surface area contributed by atoms with Gasteiger partial charge in [0.1, 0.15) is 207 Å². The summed E-state index contributed by atoms with van der Waals surface area (Å²) in [5, 5.41) is 0. The number of hydrogen-bond acceptors (Lipinski definition) is 15. The highest BCUT2D eigenvalue weighted by Gasteiger charge is 2.56. The van der Waals surface area contributed by atoms with E-state index in [1.54, 1.807) is 0 Å². The molecule has 21 fully saturated rings. The van der Waals surface area contributed by atoms with Crippen molar-refractivity contribution in [3.63, 3.8) is 0 Å². The summed E-state index contributed by atoms with van der Waals surface area (Å²) in [6.45, 7) is 103. The minimum atomic E-state index is -0.259. The summed E-state index contributed by atoms with van der Waals surface area (Å²) in [5.74, 6) is -1.19. The van der Waals surface area contributed by atoms with E-state index in [4.69, 9.17) is 35.2 Å². The summed E-state index contributed by atoms with van der Waals surface area (Å²) in [5.41, 5.74) is 16.5. The van der Waals surface area contributed by atoms with Crippen LogP contribution < -0.4 is 11.5 Å². The summed E-state index contributed by atoms with van der Waals surface area (Å²) < 4.78 is 40.8. The molecule has 3 aromatic rings. The lowest BCUT2D eigenvalue weighted by atomic mass is 9.90. The third kappa shape index (κ3) is 28.3. The molecule has 5 atom stereocenters. The third-order valence-electron chi connectivity index (χ3n) is 37.7. The lowest BCUT2D eigenvalue weighted by Gasteiger charge is -2.56. The number of piperazine rings is 21. The van der Waals surface area contributed by atoms with E-state index in [2.05, 4.69) is 155 Å². The van der Waals surface area contributed by atoms with Crippen LogP contribution in [0, 0.1) is 27.1 Å². The van der Waals surface area contributed by atoms with Crippen molar-refractivity contribution in [1.29, 1.82) is 0 Å². The van der Waals surface area contributed by atoms with Gasteiger partial charge in [-0.15, -0.1) is 0 Å². The van der Waals surface area contributed by atoms with Gasteiger partial charge in [0.05, 0.1) is 102 Å². The van der Waals surface area contributed by atoms with Crippen molar-refractivity contribution in [1.82, 2.24) is 14.7 Å². The first-order valence-electron chi connectivity index (χ1n) is 54.0. The summed E-state index contributed by atoms with van der Waals surface area (Å²) in [4.78, 5) is 92.5. The van der Waals surface area contributed by atoms with E-state index in [1.165, 1.54) is 240 Å². The third-order valence-corrected chi connectivity index (χ3v) is 37.7. The van der Waals surface area contributed by atoms with Gasteiger partial charge in [0.15, 0.2) is 26.2 Å². The average Bonchev–Trinajstić information content (AvgIpc) is 0.764. The zero-order chi connectivity index (χ0) is 100. The molecule has 0 spiro atoms. The molecule has 14 bridgehead atoms. The van der Waals surface area contributed by atoms with Gasteiger partial charge in [-0.3, -0.25) is 24.3 Å². The Morgan fingerprint density at radius 3 is 0.732 bits per heavy atom. The van der Waals surface area contributed by atoms with Crippen molar-refractivity contribution in [2.45, 2.75) is 201 Å². The van der Waals surface area contributed by atoms with Crippen LogP contribution in [0.3, 0.4) is 0 Å². The van der Waals surface area contributed by atoms with Gasteiger partial charge < -0.3 is 84.5 Å². The minimum absolute atomic E-state index is 0.0192. The van der Waals surface area contributed by atoms with E-state index < -0.39 is 0 Å². The maximum atomic E-state index is 12.8. The number of esters is 5. The summed E-state index contributed by atoms with van der Waals surface area (Å²) in [6.07, 6.45) is 2.34. The zero-order valence-corrected chi connectivity index (χ0v) is 90.0. The second-order valence-corrected chi connectivity index (χ2v) is 52.1. The fourth-order valence-electron chi connectivity index (χ4n) is 24.2. The van der Waals surface area contributed by atoms with Gasteiger partial charge in [-0.25, -0.2) is 24.0 Å². The molecule has 772 valence electrons. The molecule has 21 saturated heterocycles. The SMILES string of the molecule is C[C@@H](OC(=O)C[N+]12CCN(CC1)CC2)C(C)(C)C.C[C@@H](OC(=O)C[N+]12CC[N+](CC(N)=O)(CC1)CC2)C(C)(C)C.C[C@@H](OC(=O)c1ccc(C[N+]23CC[N+](CC(N)=O)(CC2)CC3)cc1)C(C)(C)C.C[C@@H](OC(=O)c1ccc(C[N+]23CC[N+](CCC[N+]45CCN(CC4)CC5)(CC2)CC3)cc1)C(C)(C)C.C[C@@H](OC(=O)c1cccc(C[N+]23CC[N+](CCC[N+]45CCN(CC4)CC5)(CC2)CC3)c1)C(C)(C)C. The summed E-state index contributed by atoms with van der Waals surface area (Å²) in [7, 11) is 0. The van der Waals surface area contributed by atoms with Gasteiger partial charge in [-0.1, -0.05) is 140 Å². The predicted molar refractivity (Wildman–Crippen MR) is 543 cm³/mol. The molecule has 28 nitrogen and oxygen atoms in total. The fourth-order valence-corrected chi connectivity index (χ4v) is 24.2. The maximum absolute atomic E-state index is 12.8. The number of primary amides is 2. The van der Waals surface area contributed by atoms with Crippen molar-refractivity contribution in [2.75, 3.05) is 327 Å². The van der Waals surface area contributed by atoms with Crippen molar-refractivity contribution >= 4 is 41.7 Å². The number of ether oxygens (including phenoxy) is 5. The Labute approximate surface area is 831 Å². The first-order chi connectivity index (χ1) is 64.6. The van der Waals surface area contributed by atoms with Crippen LogP contribution in [0.5, 0.6) is 0 Å². The molecule has 0 unspecified atom stereocenters. The van der Waals surface area contributed by atoms with Crippen LogP contribution in [-0.2, 0) is 62.5 Å². The smallest absolute Gasteiger partial charge is 0.362 e. The number of amides is 2. The van der Waals surface area contributed by atoms with Crippen LogP contribution in [0.25, 0.3) is 0 Å². The van der Waals surface area contributed by atoms with Crippen LogP contribution in [0.2, 0.25) is 0 Å². The molecule has 0 radical (unpaired) electrons. The lowest BCUT2D eigenvalue weighted by Crippen LogP contribution is -2.76. The van der Waals surface area contributed by atoms with Gasteiger partial charge in [0, 0.05) is 88.4 Å². The van der Waals surface area contributed by atoms with E-state index in [1.807, 2.05) is 71.0 Å². The van der Waals surface area contributed by atoms with E-state index >= 15 is 0 Å².